The quantitative estimate of drug-likeness (QED) is 0.628. The van der Waals surface area contributed by atoms with Crippen LogP contribution in [-0.4, -0.2) is 52.7 Å². The SMILES string of the molecule is O=S(=O)(NCc1ncn[nH]1)N1CCCC(CO)C1. The van der Waals surface area contributed by atoms with Crippen LogP contribution < -0.4 is 4.72 Å². The van der Waals surface area contributed by atoms with Crippen LogP contribution in [-0.2, 0) is 16.8 Å². The average molecular weight is 275 g/mol. The van der Waals surface area contributed by atoms with Crippen molar-refractivity contribution in [3.8, 4) is 0 Å². The molecule has 0 spiro atoms. The monoisotopic (exact) mass is 275 g/mol. The van der Waals surface area contributed by atoms with Crippen molar-refractivity contribution in [2.75, 3.05) is 19.7 Å². The van der Waals surface area contributed by atoms with E-state index in [4.69, 9.17) is 5.11 Å². The predicted molar refractivity (Wildman–Crippen MR) is 63.5 cm³/mol. The molecule has 1 saturated heterocycles. The zero-order chi connectivity index (χ0) is 13.0. The fourth-order valence-corrected chi connectivity index (χ4v) is 3.24. The molecule has 1 fully saturated rings. The van der Waals surface area contributed by atoms with Crippen LogP contribution in [0.5, 0.6) is 0 Å². The van der Waals surface area contributed by atoms with E-state index in [1.807, 2.05) is 0 Å². The van der Waals surface area contributed by atoms with Crippen molar-refractivity contribution < 1.29 is 13.5 Å². The molecule has 1 unspecified atom stereocenters. The molecule has 1 aliphatic rings. The van der Waals surface area contributed by atoms with Crippen LogP contribution in [0, 0.1) is 5.92 Å². The fraction of sp³-hybridized carbons (Fsp3) is 0.778. The van der Waals surface area contributed by atoms with Crippen LogP contribution in [0.3, 0.4) is 0 Å². The molecule has 9 heteroatoms. The van der Waals surface area contributed by atoms with E-state index in [2.05, 4.69) is 19.9 Å². The summed E-state index contributed by atoms with van der Waals surface area (Å²) < 4.78 is 27.9. The number of aliphatic hydroxyl groups is 1. The van der Waals surface area contributed by atoms with E-state index in [-0.39, 0.29) is 19.1 Å². The Labute approximate surface area is 106 Å². The largest absolute Gasteiger partial charge is 0.396 e. The second kappa shape index (κ2) is 5.74. The molecule has 8 nitrogen and oxygen atoms in total. The maximum absolute atomic E-state index is 12.0. The molecule has 1 aromatic heterocycles. The van der Waals surface area contributed by atoms with Crippen molar-refractivity contribution in [3.63, 3.8) is 0 Å². The molecular weight excluding hydrogens is 258 g/mol. The summed E-state index contributed by atoms with van der Waals surface area (Å²) >= 11 is 0. The number of aromatic nitrogens is 3. The minimum atomic E-state index is -3.52. The summed E-state index contributed by atoms with van der Waals surface area (Å²) in [6.07, 6.45) is 2.96. The maximum Gasteiger partial charge on any atom is 0.279 e. The number of hydrogen-bond acceptors (Lipinski definition) is 5. The molecule has 0 aliphatic carbocycles. The minimum absolute atomic E-state index is 0.0219. The van der Waals surface area contributed by atoms with Gasteiger partial charge < -0.3 is 5.11 Å². The second-order valence-electron chi connectivity index (χ2n) is 4.31. The molecule has 0 aromatic carbocycles. The first-order chi connectivity index (χ1) is 8.62. The summed E-state index contributed by atoms with van der Waals surface area (Å²) in [4.78, 5) is 3.84. The maximum atomic E-state index is 12.0. The molecule has 3 N–H and O–H groups in total. The number of nitrogens with one attached hydrogen (secondary N) is 2. The molecule has 2 rings (SSSR count). The summed E-state index contributed by atoms with van der Waals surface area (Å²) in [6, 6.07) is 0. The predicted octanol–water partition coefficient (Wildman–Crippen LogP) is -1.16. The Hall–Kier alpha value is -1.03. The van der Waals surface area contributed by atoms with E-state index in [0.29, 0.717) is 18.9 Å². The third-order valence-electron chi connectivity index (χ3n) is 2.97. The molecular formula is C9H17N5O3S. The molecule has 18 heavy (non-hydrogen) atoms. The standard InChI is InChI=1S/C9H17N5O3S/c15-6-8-2-1-3-14(5-8)18(16,17)12-4-9-10-7-11-13-9/h7-8,12,15H,1-6H2,(H,10,11,13). The van der Waals surface area contributed by atoms with E-state index < -0.39 is 10.2 Å². The van der Waals surface area contributed by atoms with Gasteiger partial charge in [0, 0.05) is 19.7 Å². The van der Waals surface area contributed by atoms with Gasteiger partial charge in [0.05, 0.1) is 6.54 Å². The lowest BCUT2D eigenvalue weighted by molar-refractivity contribution is 0.164. The van der Waals surface area contributed by atoms with E-state index in [0.717, 1.165) is 12.8 Å². The molecule has 1 atom stereocenters. The molecule has 0 amide bonds. The average Bonchev–Trinajstić information content (AvgIpc) is 2.90. The van der Waals surface area contributed by atoms with Crippen molar-refractivity contribution in [1.82, 2.24) is 24.2 Å². The van der Waals surface area contributed by atoms with Crippen LogP contribution in [0.1, 0.15) is 18.7 Å². The molecule has 2 heterocycles. The van der Waals surface area contributed by atoms with Gasteiger partial charge in [0.15, 0.2) is 0 Å². The summed E-state index contributed by atoms with van der Waals surface area (Å²) in [5.74, 6) is 0.495. The van der Waals surface area contributed by atoms with Crippen LogP contribution in [0.25, 0.3) is 0 Å². The van der Waals surface area contributed by atoms with Crippen molar-refractivity contribution in [3.05, 3.63) is 12.2 Å². The number of piperidine rings is 1. The van der Waals surface area contributed by atoms with Gasteiger partial charge in [0.25, 0.3) is 10.2 Å². The lowest BCUT2D eigenvalue weighted by Crippen LogP contribution is -2.46. The van der Waals surface area contributed by atoms with Crippen LogP contribution in [0.2, 0.25) is 0 Å². The zero-order valence-corrected chi connectivity index (χ0v) is 10.7. The molecule has 1 aromatic rings. The van der Waals surface area contributed by atoms with Crippen LogP contribution >= 0.6 is 0 Å². The number of rotatable bonds is 5. The number of aromatic amines is 1. The molecule has 102 valence electrons. The lowest BCUT2D eigenvalue weighted by Gasteiger charge is -2.30. The smallest absolute Gasteiger partial charge is 0.279 e. The fourth-order valence-electron chi connectivity index (χ4n) is 1.96. The zero-order valence-electron chi connectivity index (χ0n) is 9.91. The van der Waals surface area contributed by atoms with E-state index >= 15 is 0 Å². The van der Waals surface area contributed by atoms with Gasteiger partial charge in [0.1, 0.15) is 12.2 Å². The van der Waals surface area contributed by atoms with Gasteiger partial charge in [-0.3, -0.25) is 5.10 Å². The number of H-pyrrole nitrogens is 1. The minimum Gasteiger partial charge on any atom is -0.396 e. The van der Waals surface area contributed by atoms with Crippen molar-refractivity contribution in [2.45, 2.75) is 19.4 Å². The van der Waals surface area contributed by atoms with E-state index in [9.17, 15) is 8.42 Å². The van der Waals surface area contributed by atoms with Crippen LogP contribution in [0.4, 0.5) is 0 Å². The van der Waals surface area contributed by atoms with Gasteiger partial charge in [-0.1, -0.05) is 0 Å². The normalized spacial score (nSPS) is 22.2. The Balaban J connectivity index is 1.93. The number of hydrogen-bond donors (Lipinski definition) is 3. The van der Waals surface area contributed by atoms with Gasteiger partial charge in [-0.25, -0.2) is 4.98 Å². The summed E-state index contributed by atoms with van der Waals surface area (Å²) in [6.45, 7) is 0.960. The van der Waals surface area contributed by atoms with Crippen molar-refractivity contribution in [2.24, 2.45) is 5.92 Å². The molecule has 0 bridgehead atoms. The highest BCUT2D eigenvalue weighted by Crippen LogP contribution is 2.17. The van der Waals surface area contributed by atoms with Gasteiger partial charge >= 0.3 is 0 Å². The first-order valence-electron chi connectivity index (χ1n) is 5.81. The summed E-state index contributed by atoms with van der Waals surface area (Å²) in [5, 5.41) is 15.3. The third-order valence-corrected chi connectivity index (χ3v) is 4.49. The van der Waals surface area contributed by atoms with Gasteiger partial charge in [0.2, 0.25) is 0 Å². The Kier molecular flexibility index (Phi) is 4.27. The topological polar surface area (TPSA) is 111 Å². The van der Waals surface area contributed by atoms with Gasteiger partial charge in [-0.2, -0.15) is 22.5 Å². The molecule has 0 saturated carbocycles. The molecule has 0 radical (unpaired) electrons. The van der Waals surface area contributed by atoms with E-state index in [1.165, 1.54) is 10.6 Å². The highest BCUT2D eigenvalue weighted by molar-refractivity contribution is 7.87. The highest BCUT2D eigenvalue weighted by atomic mass is 32.2. The second-order valence-corrected chi connectivity index (χ2v) is 6.06. The Morgan fingerprint density at radius 1 is 1.61 bits per heavy atom. The Morgan fingerprint density at radius 2 is 2.44 bits per heavy atom. The molecule has 1 aliphatic heterocycles. The third kappa shape index (κ3) is 3.25. The Bertz CT molecular complexity index is 461. The van der Waals surface area contributed by atoms with Gasteiger partial charge in [-0.15, -0.1) is 0 Å². The van der Waals surface area contributed by atoms with E-state index in [1.54, 1.807) is 0 Å². The lowest BCUT2D eigenvalue weighted by atomic mass is 10.0. The number of aliphatic hydroxyl groups excluding tert-OH is 1. The van der Waals surface area contributed by atoms with Crippen molar-refractivity contribution >= 4 is 10.2 Å². The number of nitrogens with zero attached hydrogens (tertiary/aromatic N) is 3. The summed E-state index contributed by atoms with van der Waals surface area (Å²) in [7, 11) is -3.52. The van der Waals surface area contributed by atoms with Gasteiger partial charge in [-0.05, 0) is 18.8 Å². The Morgan fingerprint density at radius 3 is 3.11 bits per heavy atom. The first kappa shape index (κ1) is 13.4. The summed E-state index contributed by atoms with van der Waals surface area (Å²) in [5.41, 5.74) is 0. The highest BCUT2D eigenvalue weighted by Gasteiger charge is 2.28. The van der Waals surface area contributed by atoms with Crippen LogP contribution in [0.15, 0.2) is 6.33 Å². The van der Waals surface area contributed by atoms with Crippen molar-refractivity contribution in [1.29, 1.82) is 0 Å². The first-order valence-corrected chi connectivity index (χ1v) is 7.25.